The van der Waals surface area contributed by atoms with Gasteiger partial charge in [-0.25, -0.2) is 4.79 Å². The van der Waals surface area contributed by atoms with Crippen molar-refractivity contribution in [1.82, 2.24) is 10.2 Å². The summed E-state index contributed by atoms with van der Waals surface area (Å²) >= 11 is 0. The number of urea groups is 1. The van der Waals surface area contributed by atoms with Crippen LogP contribution in [0.15, 0.2) is 0 Å². The molecule has 1 atom stereocenters. The minimum atomic E-state index is 0.0333. The molecule has 4 nitrogen and oxygen atoms in total. The summed E-state index contributed by atoms with van der Waals surface area (Å²) < 4.78 is 0. The van der Waals surface area contributed by atoms with Crippen molar-refractivity contribution in [1.29, 1.82) is 0 Å². The predicted octanol–water partition coefficient (Wildman–Crippen LogP) is 0.919. The van der Waals surface area contributed by atoms with Crippen LogP contribution in [-0.4, -0.2) is 36.6 Å². The summed E-state index contributed by atoms with van der Waals surface area (Å²) in [4.78, 5) is 13.5. The molecule has 0 aliphatic carbocycles. The number of nitrogens with two attached hydrogens (primary N) is 1. The highest BCUT2D eigenvalue weighted by molar-refractivity contribution is 5.74. The number of rotatable bonds is 2. The lowest BCUT2D eigenvalue weighted by atomic mass is 10.2. The van der Waals surface area contributed by atoms with Crippen LogP contribution in [0.5, 0.6) is 0 Å². The molecule has 3 N–H and O–H groups in total. The quantitative estimate of drug-likeness (QED) is 0.694. The van der Waals surface area contributed by atoms with Crippen LogP contribution >= 0.6 is 0 Å². The Morgan fingerprint density at radius 2 is 1.93 bits per heavy atom. The Hall–Kier alpha value is -0.770. The highest BCUT2D eigenvalue weighted by Crippen LogP contribution is 2.09. The molecule has 4 heteroatoms. The van der Waals surface area contributed by atoms with Crippen LogP contribution < -0.4 is 11.1 Å². The number of nitrogens with one attached hydrogen (secondary N) is 1. The van der Waals surface area contributed by atoms with Crippen molar-refractivity contribution in [2.45, 2.75) is 38.6 Å². The molecule has 0 aromatic carbocycles. The lowest BCUT2D eigenvalue weighted by molar-refractivity contribution is 0.199. The fraction of sp³-hybridized carbons (Fsp3) is 0.900. The van der Waals surface area contributed by atoms with E-state index in [0.717, 1.165) is 25.9 Å². The number of amides is 2. The van der Waals surface area contributed by atoms with Gasteiger partial charge in [-0.3, -0.25) is 0 Å². The Morgan fingerprint density at radius 3 is 2.43 bits per heavy atom. The lowest BCUT2D eigenvalue weighted by Gasteiger charge is -2.21. The van der Waals surface area contributed by atoms with Crippen LogP contribution in [0.2, 0.25) is 0 Å². The van der Waals surface area contributed by atoms with Gasteiger partial charge >= 0.3 is 6.03 Å². The van der Waals surface area contributed by atoms with Gasteiger partial charge in [0.2, 0.25) is 0 Å². The van der Waals surface area contributed by atoms with Crippen molar-refractivity contribution in [3.63, 3.8) is 0 Å². The zero-order valence-electron chi connectivity index (χ0n) is 8.96. The van der Waals surface area contributed by atoms with Gasteiger partial charge in [0.15, 0.2) is 0 Å². The Kier molecular flexibility index (Phi) is 4.73. The molecule has 1 fully saturated rings. The van der Waals surface area contributed by atoms with Gasteiger partial charge in [-0.05, 0) is 19.8 Å². The maximum atomic E-state index is 11.6. The molecule has 14 heavy (non-hydrogen) atoms. The number of hydrogen-bond donors (Lipinski definition) is 2. The normalized spacial score (nSPS) is 20.0. The molecule has 1 heterocycles. The Labute approximate surface area is 85.8 Å². The maximum Gasteiger partial charge on any atom is 0.317 e. The second-order valence-electron chi connectivity index (χ2n) is 4.06. The predicted molar refractivity (Wildman–Crippen MR) is 57.1 cm³/mol. The summed E-state index contributed by atoms with van der Waals surface area (Å²) in [6.07, 6.45) is 4.76. The third kappa shape index (κ3) is 3.96. The molecule has 1 unspecified atom stereocenters. The minimum absolute atomic E-state index is 0.0333. The van der Waals surface area contributed by atoms with E-state index in [1.807, 2.05) is 11.8 Å². The summed E-state index contributed by atoms with van der Waals surface area (Å²) in [7, 11) is 0. The number of likely N-dealkylation sites (tertiary alicyclic amines) is 1. The average molecular weight is 199 g/mol. The minimum Gasteiger partial charge on any atom is -0.336 e. The van der Waals surface area contributed by atoms with E-state index in [1.54, 1.807) is 0 Å². The molecule has 0 aromatic heterocycles. The van der Waals surface area contributed by atoms with E-state index in [9.17, 15) is 4.79 Å². The molecule has 0 spiro atoms. The first-order valence-electron chi connectivity index (χ1n) is 5.48. The van der Waals surface area contributed by atoms with Crippen molar-refractivity contribution in [2.24, 2.45) is 5.73 Å². The summed E-state index contributed by atoms with van der Waals surface area (Å²) in [5.74, 6) is 0. The van der Waals surface area contributed by atoms with Gasteiger partial charge in [0.1, 0.15) is 0 Å². The first-order valence-corrected chi connectivity index (χ1v) is 5.48. The SMILES string of the molecule is CC(N)CNC(=O)N1CCCCCC1. The van der Waals surface area contributed by atoms with Gasteiger partial charge in [0.05, 0.1) is 0 Å². The van der Waals surface area contributed by atoms with Crippen LogP contribution in [0.1, 0.15) is 32.6 Å². The third-order valence-corrected chi connectivity index (χ3v) is 2.47. The standard InChI is InChI=1S/C10H21N3O/c1-9(11)8-12-10(14)13-6-4-2-3-5-7-13/h9H,2-8,11H2,1H3,(H,12,14). The monoisotopic (exact) mass is 199 g/mol. The number of hydrogen-bond acceptors (Lipinski definition) is 2. The summed E-state index contributed by atoms with van der Waals surface area (Å²) in [6.45, 7) is 4.24. The van der Waals surface area contributed by atoms with Crippen LogP contribution in [0, 0.1) is 0 Å². The number of nitrogens with zero attached hydrogens (tertiary/aromatic N) is 1. The fourth-order valence-corrected chi connectivity index (χ4v) is 1.63. The van der Waals surface area contributed by atoms with Gasteiger partial charge in [0.25, 0.3) is 0 Å². The molecular weight excluding hydrogens is 178 g/mol. The van der Waals surface area contributed by atoms with Crippen LogP contribution in [0.4, 0.5) is 4.79 Å². The van der Waals surface area contributed by atoms with Gasteiger partial charge in [-0.15, -0.1) is 0 Å². The van der Waals surface area contributed by atoms with Gasteiger partial charge in [0, 0.05) is 25.7 Å². The van der Waals surface area contributed by atoms with E-state index in [4.69, 9.17) is 5.73 Å². The fourth-order valence-electron chi connectivity index (χ4n) is 1.63. The molecule has 1 aliphatic heterocycles. The Balaban J connectivity index is 2.27. The molecule has 82 valence electrons. The van der Waals surface area contributed by atoms with E-state index in [2.05, 4.69) is 5.32 Å². The second kappa shape index (κ2) is 5.86. The van der Waals surface area contributed by atoms with E-state index in [1.165, 1.54) is 12.8 Å². The lowest BCUT2D eigenvalue weighted by Crippen LogP contribution is -2.44. The molecule has 1 aliphatic rings. The van der Waals surface area contributed by atoms with E-state index >= 15 is 0 Å². The van der Waals surface area contributed by atoms with Crippen LogP contribution in [0.3, 0.4) is 0 Å². The molecule has 0 aromatic rings. The topological polar surface area (TPSA) is 58.4 Å². The van der Waals surface area contributed by atoms with Crippen molar-refractivity contribution in [2.75, 3.05) is 19.6 Å². The summed E-state index contributed by atoms with van der Waals surface area (Å²) in [5.41, 5.74) is 5.57. The smallest absolute Gasteiger partial charge is 0.317 e. The van der Waals surface area contributed by atoms with Crippen LogP contribution in [-0.2, 0) is 0 Å². The molecule has 2 amide bonds. The van der Waals surface area contributed by atoms with Crippen molar-refractivity contribution < 1.29 is 4.79 Å². The largest absolute Gasteiger partial charge is 0.336 e. The molecule has 0 bridgehead atoms. The molecular formula is C10H21N3O. The third-order valence-electron chi connectivity index (χ3n) is 2.47. The van der Waals surface area contributed by atoms with Crippen LogP contribution in [0.25, 0.3) is 0 Å². The maximum absolute atomic E-state index is 11.6. The first-order chi connectivity index (χ1) is 6.70. The average Bonchev–Trinajstić information content (AvgIpc) is 2.42. The van der Waals surface area contributed by atoms with E-state index in [-0.39, 0.29) is 12.1 Å². The second-order valence-corrected chi connectivity index (χ2v) is 4.06. The zero-order valence-corrected chi connectivity index (χ0v) is 8.96. The van der Waals surface area contributed by atoms with Crippen molar-refractivity contribution in [3.8, 4) is 0 Å². The van der Waals surface area contributed by atoms with Crippen molar-refractivity contribution >= 4 is 6.03 Å². The van der Waals surface area contributed by atoms with Gasteiger partial charge in [-0.1, -0.05) is 12.8 Å². The number of carbonyl (C=O) groups is 1. The highest BCUT2D eigenvalue weighted by Gasteiger charge is 2.14. The summed E-state index contributed by atoms with van der Waals surface area (Å²) in [5, 5.41) is 2.84. The van der Waals surface area contributed by atoms with E-state index in [0.29, 0.717) is 6.54 Å². The molecule has 1 rings (SSSR count). The molecule has 0 radical (unpaired) electrons. The highest BCUT2D eigenvalue weighted by atomic mass is 16.2. The van der Waals surface area contributed by atoms with Gasteiger partial charge in [-0.2, -0.15) is 0 Å². The first kappa shape index (κ1) is 11.3. The summed E-state index contributed by atoms with van der Waals surface area (Å²) in [6, 6.07) is 0.0788. The molecule has 1 saturated heterocycles. The van der Waals surface area contributed by atoms with Crippen molar-refractivity contribution in [3.05, 3.63) is 0 Å². The Bertz CT molecular complexity index is 174. The zero-order chi connectivity index (χ0) is 10.4. The Morgan fingerprint density at radius 1 is 1.36 bits per heavy atom. The van der Waals surface area contributed by atoms with Gasteiger partial charge < -0.3 is 16.0 Å². The van der Waals surface area contributed by atoms with E-state index < -0.39 is 0 Å². The number of carbonyl (C=O) groups excluding carboxylic acids is 1. The molecule has 0 saturated carbocycles.